The molecule has 0 fully saturated rings. The summed E-state index contributed by atoms with van der Waals surface area (Å²) in [6.07, 6.45) is 2.46. The maximum atomic E-state index is 14.1. The van der Waals surface area contributed by atoms with Crippen LogP contribution in [-0.4, -0.2) is 19.3 Å². The number of benzene rings is 1. The van der Waals surface area contributed by atoms with Gasteiger partial charge in [0.05, 0.1) is 23.2 Å². The van der Waals surface area contributed by atoms with Crippen LogP contribution < -0.4 is 10.0 Å². The van der Waals surface area contributed by atoms with E-state index in [2.05, 4.69) is 15.0 Å². The second-order valence-electron chi connectivity index (χ2n) is 5.92. The minimum Gasteiger partial charge on any atom is -0.469 e. The van der Waals surface area contributed by atoms with E-state index in [1.54, 1.807) is 13.8 Å². The van der Waals surface area contributed by atoms with Gasteiger partial charge in [-0.3, -0.25) is 9.52 Å². The van der Waals surface area contributed by atoms with Crippen molar-refractivity contribution in [3.05, 3.63) is 70.6 Å². The van der Waals surface area contributed by atoms with Gasteiger partial charge in [0.15, 0.2) is 0 Å². The van der Waals surface area contributed by atoms with Crippen molar-refractivity contribution in [3.8, 4) is 0 Å². The molecule has 0 saturated carbocycles. The molecule has 0 radical (unpaired) electrons. The van der Waals surface area contributed by atoms with E-state index >= 15 is 0 Å². The molecule has 1 amide bonds. The van der Waals surface area contributed by atoms with E-state index in [9.17, 15) is 17.6 Å². The maximum Gasteiger partial charge on any atom is 0.263 e. The van der Waals surface area contributed by atoms with Gasteiger partial charge in [0.25, 0.3) is 15.9 Å². The fourth-order valence-corrected chi connectivity index (χ4v) is 3.57. The molecule has 0 spiro atoms. The first-order valence-corrected chi connectivity index (χ1v) is 9.83. The van der Waals surface area contributed by atoms with Crippen LogP contribution in [-0.2, 0) is 10.0 Å². The highest BCUT2D eigenvalue weighted by atomic mass is 35.5. The summed E-state index contributed by atoms with van der Waals surface area (Å²) < 4.78 is 46.5. The molecule has 0 aliphatic carbocycles. The number of furan rings is 1. The number of carbonyl (C=O) groups excluding carboxylic acids is 1. The first-order chi connectivity index (χ1) is 13.2. The van der Waals surface area contributed by atoms with Gasteiger partial charge in [-0.05, 0) is 49.7 Å². The number of nitrogens with zero attached hydrogens (tertiary/aromatic N) is 1. The average Bonchev–Trinajstić information content (AvgIpc) is 3.06. The van der Waals surface area contributed by atoms with Crippen molar-refractivity contribution in [2.24, 2.45) is 0 Å². The Kier molecular flexibility index (Phi) is 5.39. The third kappa shape index (κ3) is 4.15. The monoisotopic (exact) mass is 423 g/mol. The lowest BCUT2D eigenvalue weighted by Crippen LogP contribution is -2.16. The smallest absolute Gasteiger partial charge is 0.263 e. The topological polar surface area (TPSA) is 101 Å². The summed E-state index contributed by atoms with van der Waals surface area (Å²) in [7, 11) is -3.98. The molecular weight excluding hydrogens is 409 g/mol. The van der Waals surface area contributed by atoms with Crippen molar-refractivity contribution in [1.82, 2.24) is 4.98 Å². The number of halogens is 2. The number of pyridine rings is 1. The van der Waals surface area contributed by atoms with E-state index in [4.69, 9.17) is 16.0 Å². The van der Waals surface area contributed by atoms with Crippen LogP contribution in [0.2, 0.25) is 5.15 Å². The molecule has 2 aromatic heterocycles. The van der Waals surface area contributed by atoms with Crippen molar-refractivity contribution < 1.29 is 22.0 Å². The molecule has 28 heavy (non-hydrogen) atoms. The Morgan fingerprint density at radius 2 is 1.96 bits per heavy atom. The molecule has 0 aliphatic rings. The van der Waals surface area contributed by atoms with Gasteiger partial charge in [-0.2, -0.15) is 0 Å². The highest BCUT2D eigenvalue weighted by Gasteiger charge is 2.18. The molecule has 0 unspecified atom stereocenters. The SMILES string of the molecule is Cc1cc(S(=O)(=O)Nc2ccc(F)c(NC(=O)c3ccoc3C)c2)cnc1Cl. The summed E-state index contributed by atoms with van der Waals surface area (Å²) in [6, 6.07) is 6.27. The third-order valence-corrected chi connectivity index (χ3v) is 5.61. The number of rotatable bonds is 5. The zero-order valence-electron chi connectivity index (χ0n) is 14.8. The Labute approximate surface area is 165 Å². The van der Waals surface area contributed by atoms with Crippen molar-refractivity contribution in [3.63, 3.8) is 0 Å². The lowest BCUT2D eigenvalue weighted by Gasteiger charge is -2.11. The van der Waals surface area contributed by atoms with Gasteiger partial charge in [0.2, 0.25) is 0 Å². The zero-order chi connectivity index (χ0) is 20.5. The molecule has 3 rings (SSSR count). The minimum absolute atomic E-state index is 0.0632. The van der Waals surface area contributed by atoms with Crippen LogP contribution in [0.25, 0.3) is 0 Å². The second-order valence-corrected chi connectivity index (χ2v) is 7.96. The predicted octanol–water partition coefficient (Wildman–Crippen LogP) is 4.14. The van der Waals surface area contributed by atoms with E-state index in [-0.39, 0.29) is 27.0 Å². The molecule has 10 heteroatoms. The molecule has 0 saturated heterocycles. The Bertz CT molecular complexity index is 1160. The normalized spacial score (nSPS) is 11.3. The summed E-state index contributed by atoms with van der Waals surface area (Å²) in [5.74, 6) is -0.926. The third-order valence-electron chi connectivity index (χ3n) is 3.87. The summed E-state index contributed by atoms with van der Waals surface area (Å²) in [4.78, 5) is 16.0. The van der Waals surface area contributed by atoms with Gasteiger partial charge in [-0.25, -0.2) is 17.8 Å². The Morgan fingerprint density at radius 1 is 1.21 bits per heavy atom. The van der Waals surface area contributed by atoms with Crippen LogP contribution in [0, 0.1) is 19.7 Å². The highest BCUT2D eigenvalue weighted by Crippen LogP contribution is 2.24. The Morgan fingerprint density at radius 3 is 2.61 bits per heavy atom. The predicted molar refractivity (Wildman–Crippen MR) is 103 cm³/mol. The van der Waals surface area contributed by atoms with Gasteiger partial charge in [0, 0.05) is 6.20 Å². The van der Waals surface area contributed by atoms with Crippen molar-refractivity contribution in [1.29, 1.82) is 0 Å². The van der Waals surface area contributed by atoms with Crippen LogP contribution in [0.1, 0.15) is 21.7 Å². The fraction of sp³-hybridized carbons (Fsp3) is 0.111. The van der Waals surface area contributed by atoms with Gasteiger partial charge in [0.1, 0.15) is 21.6 Å². The minimum atomic E-state index is -3.98. The largest absolute Gasteiger partial charge is 0.469 e. The number of aromatic nitrogens is 1. The summed E-state index contributed by atoms with van der Waals surface area (Å²) in [6.45, 7) is 3.22. The number of hydrogen-bond donors (Lipinski definition) is 2. The quantitative estimate of drug-likeness (QED) is 0.600. The molecule has 0 bridgehead atoms. The van der Waals surface area contributed by atoms with Gasteiger partial charge in [-0.15, -0.1) is 0 Å². The number of amides is 1. The van der Waals surface area contributed by atoms with Crippen molar-refractivity contribution >= 4 is 38.9 Å². The van der Waals surface area contributed by atoms with Crippen LogP contribution >= 0.6 is 11.6 Å². The Balaban J connectivity index is 1.85. The maximum absolute atomic E-state index is 14.1. The molecule has 1 aromatic carbocycles. The molecular formula is C18H15ClFN3O4S. The van der Waals surface area contributed by atoms with Gasteiger partial charge >= 0.3 is 0 Å². The molecule has 146 valence electrons. The number of sulfonamides is 1. The summed E-state index contributed by atoms with van der Waals surface area (Å²) in [5, 5.41) is 2.59. The summed E-state index contributed by atoms with van der Waals surface area (Å²) >= 11 is 5.82. The average molecular weight is 424 g/mol. The molecule has 2 N–H and O–H groups in total. The van der Waals surface area contributed by atoms with Gasteiger partial charge in [-0.1, -0.05) is 11.6 Å². The Hall–Kier alpha value is -2.91. The molecule has 0 aliphatic heterocycles. The highest BCUT2D eigenvalue weighted by molar-refractivity contribution is 7.92. The van der Waals surface area contributed by atoms with Crippen LogP contribution in [0.5, 0.6) is 0 Å². The molecule has 0 atom stereocenters. The van der Waals surface area contributed by atoms with E-state index in [0.29, 0.717) is 11.3 Å². The van der Waals surface area contributed by atoms with E-state index in [1.807, 2.05) is 0 Å². The lowest BCUT2D eigenvalue weighted by molar-refractivity contribution is 0.102. The number of anilines is 2. The zero-order valence-corrected chi connectivity index (χ0v) is 16.4. The standard InChI is InChI=1S/C18H15ClFN3O4S/c1-10-7-13(9-21-17(10)19)28(25,26)23-12-3-4-15(20)16(8-12)22-18(24)14-5-6-27-11(14)2/h3-9,23H,1-2H3,(H,22,24). The lowest BCUT2D eigenvalue weighted by atomic mass is 10.2. The van der Waals surface area contributed by atoms with E-state index in [1.165, 1.54) is 30.5 Å². The van der Waals surface area contributed by atoms with E-state index < -0.39 is 21.7 Å². The van der Waals surface area contributed by atoms with E-state index in [0.717, 1.165) is 12.3 Å². The number of hydrogen-bond acceptors (Lipinski definition) is 5. The second kappa shape index (κ2) is 7.61. The van der Waals surface area contributed by atoms with Crippen molar-refractivity contribution in [2.75, 3.05) is 10.0 Å². The van der Waals surface area contributed by atoms with Crippen LogP contribution in [0.15, 0.2) is 52.1 Å². The molecule has 3 aromatic rings. The van der Waals surface area contributed by atoms with Gasteiger partial charge < -0.3 is 9.73 Å². The van der Waals surface area contributed by atoms with Crippen LogP contribution in [0.3, 0.4) is 0 Å². The number of carbonyl (C=O) groups is 1. The summed E-state index contributed by atoms with van der Waals surface area (Å²) in [5.41, 5.74) is 0.615. The molecule has 7 nitrogen and oxygen atoms in total. The van der Waals surface area contributed by atoms with Crippen LogP contribution in [0.4, 0.5) is 15.8 Å². The van der Waals surface area contributed by atoms with Crippen molar-refractivity contribution in [2.45, 2.75) is 18.7 Å². The fourth-order valence-electron chi connectivity index (χ4n) is 2.39. The first-order valence-electron chi connectivity index (χ1n) is 7.97. The molecule has 2 heterocycles. The number of aryl methyl sites for hydroxylation is 2. The number of nitrogens with one attached hydrogen (secondary N) is 2. The first kappa shape index (κ1) is 19.8.